The molecule has 0 spiro atoms. The summed E-state index contributed by atoms with van der Waals surface area (Å²) < 4.78 is 5.08. The number of carbonyl (C=O) groups is 2. The van der Waals surface area contributed by atoms with Crippen LogP contribution in [-0.4, -0.2) is 33.6 Å². The summed E-state index contributed by atoms with van der Waals surface area (Å²) in [5.41, 5.74) is 3.55. The van der Waals surface area contributed by atoms with Crippen molar-refractivity contribution in [2.24, 2.45) is 0 Å². The average Bonchev–Trinajstić information content (AvgIpc) is 2.85. The first-order chi connectivity index (χ1) is 16.5. The summed E-state index contributed by atoms with van der Waals surface area (Å²) in [6.07, 6.45) is 6.88. The zero-order valence-corrected chi connectivity index (χ0v) is 18.1. The first-order valence-corrected chi connectivity index (χ1v) is 10.5. The predicted molar refractivity (Wildman–Crippen MR) is 132 cm³/mol. The number of nitrogens with zero attached hydrogens (tertiary/aromatic N) is 1. The van der Waals surface area contributed by atoms with Crippen LogP contribution >= 0.6 is 0 Å². The molecule has 0 atom stereocenters. The van der Waals surface area contributed by atoms with E-state index in [1.165, 1.54) is 24.3 Å². The van der Waals surface area contributed by atoms with Gasteiger partial charge in [0.15, 0.2) is 12.4 Å². The maximum atomic E-state index is 12.6. The van der Waals surface area contributed by atoms with Crippen LogP contribution in [-0.2, 0) is 4.79 Å². The number of carboxylic acid groups (broad SMARTS) is 1. The lowest BCUT2D eigenvalue weighted by Crippen LogP contribution is -2.09. The number of aromatic hydroxyl groups is 1. The number of hydrogen-bond donors (Lipinski definition) is 2. The molecule has 6 heteroatoms. The number of pyridine rings is 1. The normalized spacial score (nSPS) is 11.3. The third kappa shape index (κ3) is 5.75. The number of benzene rings is 3. The molecule has 2 N–H and O–H groups in total. The van der Waals surface area contributed by atoms with Gasteiger partial charge in [-0.05, 0) is 59.7 Å². The summed E-state index contributed by atoms with van der Waals surface area (Å²) >= 11 is 0. The van der Waals surface area contributed by atoms with Crippen molar-refractivity contribution in [2.75, 3.05) is 6.61 Å². The number of phenols is 1. The minimum absolute atomic E-state index is 0.0255. The molecule has 0 aliphatic rings. The average molecular weight is 451 g/mol. The number of rotatable bonds is 8. The standard InChI is InChI=1S/C28H21NO5/c30-26(24-17-23(13-15-27(24)31)34-18-28(32)33)14-9-20-5-3-4-19(16-20)8-11-22-12-10-21-6-1-2-7-25(21)29-22/h1-17,31H,18H2,(H,32,33). The Kier molecular flexibility index (Phi) is 6.79. The summed E-state index contributed by atoms with van der Waals surface area (Å²) in [5, 5.41) is 19.8. The van der Waals surface area contributed by atoms with Crippen molar-refractivity contribution in [3.05, 3.63) is 107 Å². The Morgan fingerprint density at radius 1 is 0.853 bits per heavy atom. The van der Waals surface area contributed by atoms with Gasteiger partial charge in [-0.1, -0.05) is 54.6 Å². The molecule has 0 aliphatic heterocycles. The second-order valence-electron chi connectivity index (χ2n) is 7.49. The Bertz CT molecular complexity index is 1420. The molecule has 4 rings (SSSR count). The molecule has 168 valence electrons. The fourth-order valence-corrected chi connectivity index (χ4v) is 3.33. The number of carbonyl (C=O) groups excluding carboxylic acids is 1. The minimum Gasteiger partial charge on any atom is -0.507 e. The van der Waals surface area contributed by atoms with Gasteiger partial charge in [0.05, 0.1) is 16.8 Å². The first-order valence-electron chi connectivity index (χ1n) is 10.5. The maximum Gasteiger partial charge on any atom is 0.341 e. The van der Waals surface area contributed by atoms with Crippen molar-refractivity contribution < 1.29 is 24.5 Å². The second kappa shape index (κ2) is 10.3. The highest BCUT2D eigenvalue weighted by molar-refractivity contribution is 6.08. The van der Waals surface area contributed by atoms with Crippen molar-refractivity contribution >= 4 is 40.9 Å². The Morgan fingerprint density at radius 3 is 2.47 bits per heavy atom. The largest absolute Gasteiger partial charge is 0.507 e. The number of phenolic OH excluding ortho intramolecular Hbond substituents is 1. The quantitative estimate of drug-likeness (QED) is 0.272. The molecule has 1 heterocycles. The first kappa shape index (κ1) is 22.5. The Balaban J connectivity index is 1.48. The number of ketones is 1. The molecule has 1 aromatic heterocycles. The molecule has 3 aromatic carbocycles. The molecular formula is C28H21NO5. The molecule has 34 heavy (non-hydrogen) atoms. The van der Waals surface area contributed by atoms with Gasteiger partial charge < -0.3 is 14.9 Å². The predicted octanol–water partition coefficient (Wildman–Crippen LogP) is 5.47. The summed E-state index contributed by atoms with van der Waals surface area (Å²) in [5.74, 6) is -1.59. The van der Waals surface area contributed by atoms with E-state index in [2.05, 4.69) is 4.98 Å². The third-order valence-electron chi connectivity index (χ3n) is 5.00. The van der Waals surface area contributed by atoms with Crippen LogP contribution in [0.25, 0.3) is 29.1 Å². The van der Waals surface area contributed by atoms with Gasteiger partial charge in [0, 0.05) is 5.39 Å². The van der Waals surface area contributed by atoms with E-state index in [1.807, 2.05) is 72.8 Å². The van der Waals surface area contributed by atoms with E-state index in [4.69, 9.17) is 9.84 Å². The summed E-state index contributed by atoms with van der Waals surface area (Å²) in [6, 6.07) is 23.6. The number of hydrogen-bond acceptors (Lipinski definition) is 5. The Hall–Kier alpha value is -4.71. The molecule has 0 aliphatic carbocycles. The molecule has 0 bridgehead atoms. The van der Waals surface area contributed by atoms with E-state index < -0.39 is 18.4 Å². The van der Waals surface area contributed by atoms with Crippen LogP contribution in [0, 0.1) is 0 Å². The smallest absolute Gasteiger partial charge is 0.341 e. The van der Waals surface area contributed by atoms with Gasteiger partial charge in [0.2, 0.25) is 0 Å². The lowest BCUT2D eigenvalue weighted by molar-refractivity contribution is -0.139. The van der Waals surface area contributed by atoms with Crippen LogP contribution in [0.1, 0.15) is 27.2 Å². The van der Waals surface area contributed by atoms with Crippen molar-refractivity contribution in [1.29, 1.82) is 0 Å². The SMILES string of the molecule is O=C(O)COc1ccc(O)c(C(=O)C=Cc2cccc(C=Cc3ccc4ccccc4n3)c2)c1. The molecular weight excluding hydrogens is 430 g/mol. The Morgan fingerprint density at radius 2 is 1.65 bits per heavy atom. The fraction of sp³-hybridized carbons (Fsp3) is 0.0357. The maximum absolute atomic E-state index is 12.6. The molecule has 0 saturated heterocycles. The summed E-state index contributed by atoms with van der Waals surface area (Å²) in [6.45, 7) is -0.538. The monoisotopic (exact) mass is 451 g/mol. The van der Waals surface area contributed by atoms with Crippen LogP contribution in [0.3, 0.4) is 0 Å². The van der Waals surface area contributed by atoms with Crippen LogP contribution in [0.4, 0.5) is 0 Å². The van der Waals surface area contributed by atoms with Crippen LogP contribution < -0.4 is 4.74 Å². The minimum atomic E-state index is -1.13. The number of ether oxygens (including phenoxy) is 1. The lowest BCUT2D eigenvalue weighted by Gasteiger charge is -2.06. The third-order valence-corrected chi connectivity index (χ3v) is 5.00. The van der Waals surface area contributed by atoms with E-state index in [0.29, 0.717) is 0 Å². The van der Waals surface area contributed by atoms with Gasteiger partial charge >= 0.3 is 5.97 Å². The van der Waals surface area contributed by atoms with Crippen LogP contribution in [0.2, 0.25) is 0 Å². The van der Waals surface area contributed by atoms with Crippen molar-refractivity contribution in [2.45, 2.75) is 0 Å². The number of fused-ring (bicyclic) bond motifs is 1. The van der Waals surface area contributed by atoms with E-state index >= 15 is 0 Å². The highest BCUT2D eigenvalue weighted by Crippen LogP contribution is 2.24. The van der Waals surface area contributed by atoms with Gasteiger partial charge in [-0.25, -0.2) is 9.78 Å². The van der Waals surface area contributed by atoms with Crippen molar-refractivity contribution in [1.82, 2.24) is 4.98 Å². The number of allylic oxidation sites excluding steroid dienone is 1. The number of carboxylic acids is 1. The van der Waals surface area contributed by atoms with Gasteiger partial charge in [-0.15, -0.1) is 0 Å². The van der Waals surface area contributed by atoms with E-state index in [0.717, 1.165) is 27.7 Å². The highest BCUT2D eigenvalue weighted by Gasteiger charge is 2.11. The van der Waals surface area contributed by atoms with Gasteiger partial charge in [0.25, 0.3) is 0 Å². The van der Waals surface area contributed by atoms with Gasteiger partial charge in [0.1, 0.15) is 11.5 Å². The van der Waals surface area contributed by atoms with Gasteiger partial charge in [-0.2, -0.15) is 0 Å². The van der Waals surface area contributed by atoms with E-state index in [9.17, 15) is 14.7 Å². The second-order valence-corrected chi connectivity index (χ2v) is 7.49. The molecule has 0 amide bonds. The number of aliphatic carboxylic acids is 1. The van der Waals surface area contributed by atoms with Gasteiger partial charge in [-0.3, -0.25) is 4.79 Å². The molecule has 0 fully saturated rings. The highest BCUT2D eigenvalue weighted by atomic mass is 16.5. The van der Waals surface area contributed by atoms with Crippen molar-refractivity contribution in [3.8, 4) is 11.5 Å². The molecule has 0 unspecified atom stereocenters. The summed E-state index contributed by atoms with van der Waals surface area (Å²) in [7, 11) is 0. The lowest BCUT2D eigenvalue weighted by atomic mass is 10.1. The zero-order valence-electron chi connectivity index (χ0n) is 18.1. The van der Waals surface area contributed by atoms with E-state index in [-0.39, 0.29) is 17.1 Å². The number of para-hydroxylation sites is 1. The molecule has 0 saturated carbocycles. The Labute approximate surface area is 196 Å². The molecule has 0 radical (unpaired) electrons. The zero-order chi connectivity index (χ0) is 23.9. The molecule has 6 nitrogen and oxygen atoms in total. The van der Waals surface area contributed by atoms with Crippen LogP contribution in [0.5, 0.6) is 11.5 Å². The summed E-state index contributed by atoms with van der Waals surface area (Å²) in [4.78, 5) is 27.9. The molecule has 4 aromatic rings. The topological polar surface area (TPSA) is 96.7 Å². The number of aromatic nitrogens is 1. The van der Waals surface area contributed by atoms with E-state index in [1.54, 1.807) is 6.08 Å². The van der Waals surface area contributed by atoms with Crippen molar-refractivity contribution in [3.63, 3.8) is 0 Å². The van der Waals surface area contributed by atoms with Crippen LogP contribution in [0.15, 0.2) is 84.9 Å². The fourth-order valence-electron chi connectivity index (χ4n) is 3.33.